The summed E-state index contributed by atoms with van der Waals surface area (Å²) in [6.07, 6.45) is -0.140. The molecule has 0 aliphatic carbocycles. The Balaban J connectivity index is 1.75. The zero-order chi connectivity index (χ0) is 14.5. The number of amides is 2. The Labute approximate surface area is 121 Å². The highest BCUT2D eigenvalue weighted by Crippen LogP contribution is 2.13. The molecule has 1 aromatic rings. The summed E-state index contributed by atoms with van der Waals surface area (Å²) < 4.78 is 0. The summed E-state index contributed by atoms with van der Waals surface area (Å²) >= 11 is 5.74. The Bertz CT molecular complexity index is 492. The van der Waals surface area contributed by atoms with Gasteiger partial charge >= 0.3 is 0 Å². The van der Waals surface area contributed by atoms with Crippen LogP contribution < -0.4 is 16.0 Å². The molecule has 0 aromatic heterocycles. The Morgan fingerprint density at radius 2 is 2.05 bits per heavy atom. The van der Waals surface area contributed by atoms with Gasteiger partial charge in [-0.3, -0.25) is 9.59 Å². The zero-order valence-electron chi connectivity index (χ0n) is 10.7. The van der Waals surface area contributed by atoms with Gasteiger partial charge in [0.1, 0.15) is 0 Å². The first-order valence-corrected chi connectivity index (χ1v) is 6.67. The first-order valence-electron chi connectivity index (χ1n) is 6.29. The van der Waals surface area contributed by atoms with E-state index in [4.69, 9.17) is 11.6 Å². The maximum absolute atomic E-state index is 11.7. The number of aliphatic hydroxyl groups excluding tert-OH is 1. The lowest BCUT2D eigenvalue weighted by Crippen LogP contribution is -2.43. The van der Waals surface area contributed by atoms with E-state index in [0.29, 0.717) is 23.7 Å². The average molecular weight is 298 g/mol. The summed E-state index contributed by atoms with van der Waals surface area (Å²) in [4.78, 5) is 23.4. The molecule has 7 heteroatoms. The van der Waals surface area contributed by atoms with Crippen molar-refractivity contribution in [2.45, 2.75) is 18.6 Å². The molecular formula is C13H16ClN3O3. The fourth-order valence-corrected chi connectivity index (χ4v) is 2.07. The normalized spacial score (nSPS) is 21.5. The number of carbonyl (C=O) groups excluding carboxylic acids is 2. The molecule has 6 nitrogen and oxygen atoms in total. The Morgan fingerprint density at radius 1 is 1.35 bits per heavy atom. The molecule has 2 unspecified atom stereocenters. The van der Waals surface area contributed by atoms with Crippen LogP contribution in [0.4, 0.5) is 5.69 Å². The lowest BCUT2D eigenvalue weighted by molar-refractivity contribution is -0.125. The standard InChI is InChI=1S/C13H16ClN3O3/c14-8-1-3-9(4-2-8)17-12(19)7-16-13(20)11-5-10(18)6-15-11/h1-4,10-11,15,18H,5-7H2,(H,16,20)(H,17,19). The van der Waals surface area contributed by atoms with Crippen molar-refractivity contribution in [3.05, 3.63) is 29.3 Å². The Kier molecular flexibility index (Phi) is 4.94. The van der Waals surface area contributed by atoms with Crippen LogP contribution in [0.3, 0.4) is 0 Å². The van der Waals surface area contributed by atoms with E-state index in [-0.39, 0.29) is 18.4 Å². The third-order valence-electron chi connectivity index (χ3n) is 2.98. The van der Waals surface area contributed by atoms with Gasteiger partial charge in [0.25, 0.3) is 0 Å². The van der Waals surface area contributed by atoms with Gasteiger partial charge in [-0.05, 0) is 30.7 Å². The largest absolute Gasteiger partial charge is 0.392 e. The molecule has 0 bridgehead atoms. The molecule has 1 fully saturated rings. The average Bonchev–Trinajstić information content (AvgIpc) is 2.85. The number of rotatable bonds is 4. The summed E-state index contributed by atoms with van der Waals surface area (Å²) in [5.41, 5.74) is 0.614. The van der Waals surface area contributed by atoms with Crippen molar-refractivity contribution in [1.29, 1.82) is 0 Å². The third kappa shape index (κ3) is 4.19. The van der Waals surface area contributed by atoms with E-state index in [2.05, 4.69) is 16.0 Å². The SMILES string of the molecule is O=C(CNC(=O)C1CC(O)CN1)Nc1ccc(Cl)cc1. The van der Waals surface area contributed by atoms with Gasteiger partial charge in [-0.15, -0.1) is 0 Å². The van der Waals surface area contributed by atoms with Crippen LogP contribution in [-0.2, 0) is 9.59 Å². The lowest BCUT2D eigenvalue weighted by atomic mass is 10.2. The van der Waals surface area contributed by atoms with Crippen LogP contribution in [-0.4, -0.2) is 42.2 Å². The molecule has 1 aliphatic rings. The van der Waals surface area contributed by atoms with Crippen LogP contribution in [0, 0.1) is 0 Å². The number of hydrogen-bond acceptors (Lipinski definition) is 4. The number of anilines is 1. The summed E-state index contributed by atoms with van der Waals surface area (Å²) in [5, 5.41) is 17.9. The van der Waals surface area contributed by atoms with Crippen molar-refractivity contribution < 1.29 is 14.7 Å². The maximum Gasteiger partial charge on any atom is 0.243 e. The minimum atomic E-state index is -0.506. The van der Waals surface area contributed by atoms with Gasteiger partial charge < -0.3 is 21.1 Å². The molecule has 1 aliphatic heterocycles. The second-order valence-electron chi connectivity index (χ2n) is 4.62. The lowest BCUT2D eigenvalue weighted by Gasteiger charge is -2.11. The molecule has 0 saturated carbocycles. The topological polar surface area (TPSA) is 90.5 Å². The van der Waals surface area contributed by atoms with Gasteiger partial charge in [0, 0.05) is 17.3 Å². The first-order chi connectivity index (χ1) is 9.54. The number of nitrogens with one attached hydrogen (secondary N) is 3. The van der Waals surface area contributed by atoms with E-state index in [1.807, 2.05) is 0 Å². The molecule has 1 heterocycles. The molecule has 0 radical (unpaired) electrons. The molecule has 2 atom stereocenters. The predicted octanol–water partition coefficient (Wildman–Crippen LogP) is 0.117. The second-order valence-corrected chi connectivity index (χ2v) is 5.06. The van der Waals surface area contributed by atoms with Crippen LogP contribution in [0.1, 0.15) is 6.42 Å². The minimum Gasteiger partial charge on any atom is -0.392 e. The number of halogens is 1. The fraction of sp³-hybridized carbons (Fsp3) is 0.385. The van der Waals surface area contributed by atoms with Crippen molar-refractivity contribution in [2.24, 2.45) is 0 Å². The summed E-state index contributed by atoms with van der Waals surface area (Å²) in [6, 6.07) is 6.25. The molecule has 0 spiro atoms. The molecule has 2 amide bonds. The molecule has 4 N–H and O–H groups in total. The number of aliphatic hydroxyl groups is 1. The number of benzene rings is 1. The number of carbonyl (C=O) groups is 2. The highest BCUT2D eigenvalue weighted by Gasteiger charge is 2.27. The van der Waals surface area contributed by atoms with Crippen molar-refractivity contribution in [1.82, 2.24) is 10.6 Å². The zero-order valence-corrected chi connectivity index (χ0v) is 11.5. The van der Waals surface area contributed by atoms with Crippen LogP contribution >= 0.6 is 11.6 Å². The van der Waals surface area contributed by atoms with E-state index < -0.39 is 12.1 Å². The van der Waals surface area contributed by atoms with Crippen LogP contribution in [0.2, 0.25) is 5.02 Å². The summed E-state index contributed by atoms with van der Waals surface area (Å²) in [7, 11) is 0. The first kappa shape index (κ1) is 14.8. The highest BCUT2D eigenvalue weighted by atomic mass is 35.5. The van der Waals surface area contributed by atoms with Gasteiger partial charge in [-0.25, -0.2) is 0 Å². The highest BCUT2D eigenvalue weighted by molar-refractivity contribution is 6.30. The molecule has 108 valence electrons. The monoisotopic (exact) mass is 297 g/mol. The molecule has 20 heavy (non-hydrogen) atoms. The van der Waals surface area contributed by atoms with E-state index in [1.165, 1.54) is 0 Å². The molecule has 2 rings (SSSR count). The van der Waals surface area contributed by atoms with Crippen LogP contribution in [0.25, 0.3) is 0 Å². The second kappa shape index (κ2) is 6.69. The van der Waals surface area contributed by atoms with E-state index >= 15 is 0 Å². The molecule has 1 saturated heterocycles. The molecular weight excluding hydrogens is 282 g/mol. The minimum absolute atomic E-state index is 0.115. The maximum atomic E-state index is 11.7. The smallest absolute Gasteiger partial charge is 0.243 e. The number of hydrogen-bond donors (Lipinski definition) is 4. The predicted molar refractivity (Wildman–Crippen MR) is 75.5 cm³/mol. The molecule has 1 aromatic carbocycles. The Morgan fingerprint density at radius 3 is 2.65 bits per heavy atom. The van der Waals surface area contributed by atoms with E-state index in [1.54, 1.807) is 24.3 Å². The summed E-state index contributed by atoms with van der Waals surface area (Å²) in [5.74, 6) is -0.605. The van der Waals surface area contributed by atoms with Crippen molar-refractivity contribution in [3.8, 4) is 0 Å². The van der Waals surface area contributed by atoms with Gasteiger partial charge in [0.05, 0.1) is 18.7 Å². The summed E-state index contributed by atoms with van der Waals surface area (Å²) in [6.45, 7) is 0.283. The number of β-amino-alcohol motifs (C(OH)–C–C–N with tert-alkyl or cyclic N) is 1. The quantitative estimate of drug-likeness (QED) is 0.635. The van der Waals surface area contributed by atoms with Crippen molar-refractivity contribution in [2.75, 3.05) is 18.4 Å². The van der Waals surface area contributed by atoms with Crippen molar-refractivity contribution in [3.63, 3.8) is 0 Å². The van der Waals surface area contributed by atoms with Crippen LogP contribution in [0.5, 0.6) is 0 Å². The van der Waals surface area contributed by atoms with Crippen molar-refractivity contribution >= 4 is 29.1 Å². The van der Waals surface area contributed by atoms with Crippen LogP contribution in [0.15, 0.2) is 24.3 Å². The van der Waals surface area contributed by atoms with Gasteiger partial charge in [0.15, 0.2) is 0 Å². The van der Waals surface area contributed by atoms with Gasteiger partial charge in [-0.1, -0.05) is 11.6 Å². The third-order valence-corrected chi connectivity index (χ3v) is 3.23. The Hall–Kier alpha value is -1.63. The fourth-order valence-electron chi connectivity index (χ4n) is 1.95. The van der Waals surface area contributed by atoms with Gasteiger partial charge in [-0.2, -0.15) is 0 Å². The van der Waals surface area contributed by atoms with E-state index in [0.717, 1.165) is 0 Å². The van der Waals surface area contributed by atoms with Gasteiger partial charge in [0.2, 0.25) is 11.8 Å². The van der Waals surface area contributed by atoms with E-state index in [9.17, 15) is 14.7 Å².